The summed E-state index contributed by atoms with van der Waals surface area (Å²) in [5, 5.41) is 0. The van der Waals surface area contributed by atoms with Crippen LogP contribution in [-0.2, 0) is 4.74 Å². The topological polar surface area (TPSA) is 12.5 Å². The molecule has 2 nitrogen and oxygen atoms in total. The standard InChI is InChI=1S/C9H16F3NO/c1-7(2)13-4-3-5-14-6-8(13)9(10,11)12/h7-8H,3-6H2,1-2H3/t8-/m1/s1. The second-order valence-corrected chi connectivity index (χ2v) is 3.82. The lowest BCUT2D eigenvalue weighted by atomic mass is 10.2. The highest BCUT2D eigenvalue weighted by Gasteiger charge is 2.45. The van der Waals surface area contributed by atoms with Crippen LogP contribution in [0.2, 0.25) is 0 Å². The zero-order valence-electron chi connectivity index (χ0n) is 8.47. The molecule has 0 aliphatic carbocycles. The van der Waals surface area contributed by atoms with Gasteiger partial charge in [0.1, 0.15) is 6.04 Å². The Morgan fingerprint density at radius 2 is 2.00 bits per heavy atom. The summed E-state index contributed by atoms with van der Waals surface area (Å²) in [6.45, 7) is 4.22. The molecule has 1 fully saturated rings. The summed E-state index contributed by atoms with van der Waals surface area (Å²) < 4.78 is 42.8. The molecular weight excluding hydrogens is 195 g/mol. The minimum atomic E-state index is -4.19. The van der Waals surface area contributed by atoms with Gasteiger partial charge in [0.2, 0.25) is 0 Å². The Morgan fingerprint density at radius 1 is 1.36 bits per heavy atom. The van der Waals surface area contributed by atoms with Gasteiger partial charge >= 0.3 is 6.18 Å². The molecule has 84 valence electrons. The number of rotatable bonds is 1. The van der Waals surface area contributed by atoms with Crippen molar-refractivity contribution in [1.29, 1.82) is 0 Å². The van der Waals surface area contributed by atoms with Gasteiger partial charge in [-0.2, -0.15) is 13.2 Å². The molecule has 14 heavy (non-hydrogen) atoms. The van der Waals surface area contributed by atoms with Crippen molar-refractivity contribution in [1.82, 2.24) is 4.90 Å². The molecule has 0 saturated carbocycles. The maximum absolute atomic E-state index is 12.6. The third kappa shape index (κ3) is 2.85. The van der Waals surface area contributed by atoms with Crippen molar-refractivity contribution in [3.05, 3.63) is 0 Å². The Balaban J connectivity index is 2.74. The van der Waals surface area contributed by atoms with Crippen LogP contribution in [0.5, 0.6) is 0 Å². The van der Waals surface area contributed by atoms with Crippen LogP contribution in [0, 0.1) is 0 Å². The van der Waals surface area contributed by atoms with Crippen molar-refractivity contribution >= 4 is 0 Å². The van der Waals surface area contributed by atoms with E-state index in [4.69, 9.17) is 4.74 Å². The molecule has 0 aromatic heterocycles. The van der Waals surface area contributed by atoms with Crippen LogP contribution < -0.4 is 0 Å². The molecule has 0 radical (unpaired) electrons. The highest BCUT2D eigenvalue weighted by Crippen LogP contribution is 2.28. The van der Waals surface area contributed by atoms with Gasteiger partial charge in [-0.3, -0.25) is 4.90 Å². The number of hydrogen-bond acceptors (Lipinski definition) is 2. The van der Waals surface area contributed by atoms with Gasteiger partial charge in [-0.1, -0.05) is 0 Å². The lowest BCUT2D eigenvalue weighted by molar-refractivity contribution is -0.195. The van der Waals surface area contributed by atoms with Gasteiger partial charge in [-0.25, -0.2) is 0 Å². The largest absolute Gasteiger partial charge is 0.406 e. The summed E-state index contributed by atoms with van der Waals surface area (Å²) in [5.74, 6) is 0. The van der Waals surface area contributed by atoms with Crippen LogP contribution in [0.1, 0.15) is 20.3 Å². The van der Waals surface area contributed by atoms with Gasteiger partial charge in [0.15, 0.2) is 0 Å². The number of nitrogens with zero attached hydrogens (tertiary/aromatic N) is 1. The van der Waals surface area contributed by atoms with Gasteiger partial charge < -0.3 is 4.74 Å². The molecule has 0 aromatic carbocycles. The Labute approximate surface area is 82.0 Å². The minimum Gasteiger partial charge on any atom is -0.379 e. The third-order valence-electron chi connectivity index (χ3n) is 2.42. The van der Waals surface area contributed by atoms with E-state index in [1.165, 1.54) is 4.90 Å². The quantitative estimate of drug-likeness (QED) is 0.658. The molecule has 0 amide bonds. The van der Waals surface area contributed by atoms with Crippen molar-refractivity contribution < 1.29 is 17.9 Å². The van der Waals surface area contributed by atoms with E-state index < -0.39 is 12.2 Å². The Kier molecular flexibility index (Phi) is 3.78. The van der Waals surface area contributed by atoms with Crippen LogP contribution in [0.3, 0.4) is 0 Å². The van der Waals surface area contributed by atoms with Crippen LogP contribution >= 0.6 is 0 Å². The Bertz CT molecular complexity index is 181. The molecular formula is C9H16F3NO. The first-order valence-electron chi connectivity index (χ1n) is 4.83. The van der Waals surface area contributed by atoms with Crippen molar-refractivity contribution in [2.24, 2.45) is 0 Å². The number of halogens is 3. The average molecular weight is 211 g/mol. The smallest absolute Gasteiger partial charge is 0.379 e. The van der Waals surface area contributed by atoms with E-state index in [2.05, 4.69) is 0 Å². The molecule has 1 rings (SSSR count). The second-order valence-electron chi connectivity index (χ2n) is 3.82. The van der Waals surface area contributed by atoms with Crippen LogP contribution in [0.15, 0.2) is 0 Å². The summed E-state index contributed by atoms with van der Waals surface area (Å²) in [5.41, 5.74) is 0. The first-order chi connectivity index (χ1) is 6.43. The molecule has 5 heteroatoms. The normalized spacial score (nSPS) is 26.6. The zero-order valence-corrected chi connectivity index (χ0v) is 8.47. The summed E-state index contributed by atoms with van der Waals surface area (Å²) >= 11 is 0. The van der Waals surface area contributed by atoms with Crippen molar-refractivity contribution in [2.45, 2.75) is 38.5 Å². The lowest BCUT2D eigenvalue weighted by Crippen LogP contribution is -2.50. The molecule has 0 spiro atoms. The monoisotopic (exact) mass is 211 g/mol. The van der Waals surface area contributed by atoms with E-state index in [9.17, 15) is 13.2 Å². The maximum atomic E-state index is 12.6. The second kappa shape index (κ2) is 4.49. The van der Waals surface area contributed by atoms with E-state index in [-0.39, 0.29) is 12.6 Å². The number of hydrogen-bond donors (Lipinski definition) is 0. The predicted molar refractivity (Wildman–Crippen MR) is 47.1 cm³/mol. The first kappa shape index (κ1) is 11.8. The van der Waals surface area contributed by atoms with Crippen molar-refractivity contribution in [3.63, 3.8) is 0 Å². The number of alkyl halides is 3. The van der Waals surface area contributed by atoms with Gasteiger partial charge in [0, 0.05) is 19.2 Å². The van der Waals surface area contributed by atoms with Crippen LogP contribution in [0.4, 0.5) is 13.2 Å². The summed E-state index contributed by atoms with van der Waals surface area (Å²) in [6, 6.07) is -1.53. The highest BCUT2D eigenvalue weighted by molar-refractivity contribution is 4.82. The summed E-state index contributed by atoms with van der Waals surface area (Å²) in [6.07, 6.45) is -3.51. The SMILES string of the molecule is CC(C)N1CCCOC[C@@H]1C(F)(F)F. The zero-order chi connectivity index (χ0) is 10.8. The van der Waals surface area contributed by atoms with Crippen molar-refractivity contribution in [2.75, 3.05) is 19.8 Å². The molecule has 0 aromatic rings. The fourth-order valence-electron chi connectivity index (χ4n) is 1.70. The predicted octanol–water partition coefficient (Wildman–Crippen LogP) is 2.05. The molecule has 1 saturated heterocycles. The van der Waals surface area contributed by atoms with Crippen molar-refractivity contribution in [3.8, 4) is 0 Å². The molecule has 1 atom stereocenters. The first-order valence-corrected chi connectivity index (χ1v) is 4.83. The molecule has 0 N–H and O–H groups in total. The lowest BCUT2D eigenvalue weighted by Gasteiger charge is -2.33. The van der Waals surface area contributed by atoms with E-state index in [0.29, 0.717) is 19.6 Å². The van der Waals surface area contributed by atoms with Gasteiger partial charge in [0.05, 0.1) is 6.61 Å². The summed E-state index contributed by atoms with van der Waals surface area (Å²) in [7, 11) is 0. The third-order valence-corrected chi connectivity index (χ3v) is 2.42. The molecule has 1 aliphatic heterocycles. The van der Waals surface area contributed by atoms with Gasteiger partial charge in [-0.15, -0.1) is 0 Å². The fraction of sp³-hybridized carbons (Fsp3) is 1.00. The van der Waals surface area contributed by atoms with E-state index in [1.54, 1.807) is 13.8 Å². The maximum Gasteiger partial charge on any atom is 0.406 e. The van der Waals surface area contributed by atoms with E-state index >= 15 is 0 Å². The molecule has 1 heterocycles. The highest BCUT2D eigenvalue weighted by atomic mass is 19.4. The van der Waals surface area contributed by atoms with Crippen LogP contribution in [-0.4, -0.2) is 42.9 Å². The summed E-state index contributed by atoms with van der Waals surface area (Å²) in [4.78, 5) is 1.47. The fourth-order valence-corrected chi connectivity index (χ4v) is 1.70. The minimum absolute atomic E-state index is 0.0941. The molecule has 0 unspecified atom stereocenters. The molecule has 0 bridgehead atoms. The van der Waals surface area contributed by atoms with E-state index in [1.807, 2.05) is 0 Å². The van der Waals surface area contributed by atoms with Crippen LogP contribution in [0.25, 0.3) is 0 Å². The Morgan fingerprint density at radius 3 is 2.50 bits per heavy atom. The molecule has 1 aliphatic rings. The average Bonchev–Trinajstić information content (AvgIpc) is 2.26. The Hall–Kier alpha value is -0.290. The van der Waals surface area contributed by atoms with Gasteiger partial charge in [-0.05, 0) is 20.3 Å². The van der Waals surface area contributed by atoms with Gasteiger partial charge in [0.25, 0.3) is 0 Å². The number of ether oxygens (including phenoxy) is 1. The van der Waals surface area contributed by atoms with E-state index in [0.717, 1.165) is 0 Å².